The quantitative estimate of drug-likeness (QED) is 0.694. The summed E-state index contributed by atoms with van der Waals surface area (Å²) in [5, 5.41) is 3.41. The summed E-state index contributed by atoms with van der Waals surface area (Å²) in [5.41, 5.74) is 5.01. The zero-order chi connectivity index (χ0) is 14.8. The maximum atomic E-state index is 11.8. The standard InChI is InChI=1S/C15H29N3O2/c1-11(18(3)10-13-5-4-8-20-13)9-15(2,14(16)19)17-12-6-7-12/h11-13,17H,4-10H2,1-3H3,(H2,16,19). The second kappa shape index (κ2) is 6.41. The maximum Gasteiger partial charge on any atom is 0.237 e. The van der Waals surface area contributed by atoms with Crippen LogP contribution >= 0.6 is 0 Å². The lowest BCUT2D eigenvalue weighted by molar-refractivity contribution is -0.124. The molecule has 0 aromatic carbocycles. The summed E-state index contributed by atoms with van der Waals surface area (Å²) in [6, 6.07) is 0.770. The van der Waals surface area contributed by atoms with Gasteiger partial charge in [0.25, 0.3) is 0 Å². The summed E-state index contributed by atoms with van der Waals surface area (Å²) in [6.07, 6.45) is 5.70. The van der Waals surface area contributed by atoms with Crippen LogP contribution in [-0.2, 0) is 9.53 Å². The van der Waals surface area contributed by atoms with E-state index in [2.05, 4.69) is 24.2 Å². The number of likely N-dealkylation sites (N-methyl/N-ethyl adjacent to an activating group) is 1. The van der Waals surface area contributed by atoms with Gasteiger partial charge in [0.1, 0.15) is 0 Å². The number of hydrogen-bond acceptors (Lipinski definition) is 4. The molecule has 1 saturated heterocycles. The lowest BCUT2D eigenvalue weighted by Gasteiger charge is -2.35. The van der Waals surface area contributed by atoms with Crippen LogP contribution in [0.15, 0.2) is 0 Å². The first-order valence-electron chi connectivity index (χ1n) is 7.80. The first kappa shape index (κ1) is 15.7. The number of ether oxygens (including phenoxy) is 1. The Morgan fingerprint density at radius 1 is 1.50 bits per heavy atom. The molecule has 20 heavy (non-hydrogen) atoms. The molecule has 1 aliphatic carbocycles. The predicted octanol–water partition coefficient (Wildman–Crippen LogP) is 0.872. The van der Waals surface area contributed by atoms with Crippen LogP contribution in [0.25, 0.3) is 0 Å². The fourth-order valence-electron chi connectivity index (χ4n) is 2.94. The highest BCUT2D eigenvalue weighted by Crippen LogP contribution is 2.26. The smallest absolute Gasteiger partial charge is 0.237 e. The van der Waals surface area contributed by atoms with Crippen molar-refractivity contribution >= 4 is 5.91 Å². The first-order valence-corrected chi connectivity index (χ1v) is 7.80. The summed E-state index contributed by atoms with van der Waals surface area (Å²) in [4.78, 5) is 14.1. The van der Waals surface area contributed by atoms with Crippen LogP contribution in [0.3, 0.4) is 0 Å². The number of primary amides is 1. The predicted molar refractivity (Wildman–Crippen MR) is 79.4 cm³/mol. The number of hydrogen-bond donors (Lipinski definition) is 2. The Kier molecular flexibility index (Phi) is 5.04. The van der Waals surface area contributed by atoms with Crippen molar-refractivity contribution in [2.75, 3.05) is 20.2 Å². The van der Waals surface area contributed by atoms with Crippen LogP contribution in [-0.4, -0.2) is 54.7 Å². The van der Waals surface area contributed by atoms with Gasteiger partial charge in [-0.1, -0.05) is 0 Å². The fourth-order valence-corrected chi connectivity index (χ4v) is 2.94. The summed E-state index contributed by atoms with van der Waals surface area (Å²) in [7, 11) is 2.10. The topological polar surface area (TPSA) is 67.6 Å². The minimum atomic E-state index is -0.606. The van der Waals surface area contributed by atoms with E-state index in [1.54, 1.807) is 0 Å². The number of carbonyl (C=O) groups is 1. The van der Waals surface area contributed by atoms with Crippen LogP contribution in [0.5, 0.6) is 0 Å². The first-order chi connectivity index (χ1) is 9.40. The molecule has 1 saturated carbocycles. The van der Waals surface area contributed by atoms with E-state index in [4.69, 9.17) is 10.5 Å². The molecule has 1 heterocycles. The van der Waals surface area contributed by atoms with Crippen LogP contribution in [0.4, 0.5) is 0 Å². The highest BCUT2D eigenvalue weighted by Gasteiger charge is 2.38. The van der Waals surface area contributed by atoms with Crippen molar-refractivity contribution in [3.05, 3.63) is 0 Å². The highest BCUT2D eigenvalue weighted by molar-refractivity contribution is 5.84. The molecule has 116 valence electrons. The highest BCUT2D eigenvalue weighted by atomic mass is 16.5. The van der Waals surface area contributed by atoms with E-state index >= 15 is 0 Å². The summed E-state index contributed by atoms with van der Waals surface area (Å²) >= 11 is 0. The van der Waals surface area contributed by atoms with Crippen molar-refractivity contribution in [3.8, 4) is 0 Å². The average molecular weight is 283 g/mol. The van der Waals surface area contributed by atoms with Crippen molar-refractivity contribution in [1.29, 1.82) is 0 Å². The number of nitrogens with two attached hydrogens (primary N) is 1. The summed E-state index contributed by atoms with van der Waals surface area (Å²) < 4.78 is 5.68. The fraction of sp³-hybridized carbons (Fsp3) is 0.933. The Morgan fingerprint density at radius 2 is 2.20 bits per heavy atom. The molecule has 3 atom stereocenters. The third-order valence-corrected chi connectivity index (χ3v) is 4.62. The van der Waals surface area contributed by atoms with Gasteiger partial charge in [0, 0.05) is 25.2 Å². The van der Waals surface area contributed by atoms with Gasteiger partial charge in [0.2, 0.25) is 5.91 Å². The lowest BCUT2D eigenvalue weighted by atomic mass is 9.91. The average Bonchev–Trinajstić information content (AvgIpc) is 3.02. The third kappa shape index (κ3) is 4.17. The Hall–Kier alpha value is -0.650. The van der Waals surface area contributed by atoms with E-state index < -0.39 is 5.54 Å². The van der Waals surface area contributed by atoms with Crippen molar-refractivity contribution in [2.24, 2.45) is 5.73 Å². The SMILES string of the molecule is CC(CC(C)(NC1CC1)C(N)=O)N(C)CC1CCCO1. The zero-order valence-electron chi connectivity index (χ0n) is 13.0. The van der Waals surface area contributed by atoms with Crippen molar-refractivity contribution < 1.29 is 9.53 Å². The molecular weight excluding hydrogens is 254 g/mol. The van der Waals surface area contributed by atoms with Crippen molar-refractivity contribution in [1.82, 2.24) is 10.2 Å². The van der Waals surface area contributed by atoms with Gasteiger partial charge in [-0.2, -0.15) is 0 Å². The van der Waals surface area contributed by atoms with E-state index in [0.717, 1.165) is 45.3 Å². The van der Waals surface area contributed by atoms with Gasteiger partial charge in [-0.25, -0.2) is 0 Å². The Labute approximate surface area is 122 Å². The van der Waals surface area contributed by atoms with E-state index in [1.807, 2.05) is 6.92 Å². The summed E-state index contributed by atoms with van der Waals surface area (Å²) in [5.74, 6) is -0.248. The minimum absolute atomic E-state index is 0.248. The monoisotopic (exact) mass is 283 g/mol. The van der Waals surface area contributed by atoms with Gasteiger partial charge in [0.05, 0.1) is 11.6 Å². The number of amides is 1. The number of rotatable bonds is 8. The normalized spacial score (nSPS) is 27.5. The van der Waals surface area contributed by atoms with Gasteiger partial charge in [-0.15, -0.1) is 0 Å². The molecule has 5 heteroatoms. The lowest BCUT2D eigenvalue weighted by Crippen LogP contribution is -2.57. The van der Waals surface area contributed by atoms with E-state index in [-0.39, 0.29) is 5.91 Å². The largest absolute Gasteiger partial charge is 0.377 e. The van der Waals surface area contributed by atoms with Gasteiger partial charge in [-0.3, -0.25) is 4.79 Å². The third-order valence-electron chi connectivity index (χ3n) is 4.62. The van der Waals surface area contributed by atoms with Crippen molar-refractivity contribution in [2.45, 2.75) is 69.7 Å². The van der Waals surface area contributed by atoms with Gasteiger partial charge in [-0.05, 0) is 53.0 Å². The minimum Gasteiger partial charge on any atom is -0.377 e. The molecule has 1 amide bonds. The molecule has 2 fully saturated rings. The van der Waals surface area contributed by atoms with E-state index in [1.165, 1.54) is 0 Å². The molecule has 3 unspecified atom stereocenters. The second-order valence-corrected chi connectivity index (χ2v) is 6.74. The molecule has 0 bridgehead atoms. The Bertz CT molecular complexity index is 340. The van der Waals surface area contributed by atoms with Gasteiger partial charge < -0.3 is 20.7 Å². The van der Waals surface area contributed by atoms with E-state index in [9.17, 15) is 4.79 Å². The molecule has 5 nitrogen and oxygen atoms in total. The molecule has 2 rings (SSSR count). The van der Waals surface area contributed by atoms with Gasteiger partial charge >= 0.3 is 0 Å². The molecular formula is C15H29N3O2. The van der Waals surface area contributed by atoms with Crippen LogP contribution in [0.1, 0.15) is 46.0 Å². The van der Waals surface area contributed by atoms with Crippen LogP contribution < -0.4 is 11.1 Å². The molecule has 0 aromatic heterocycles. The Morgan fingerprint density at radius 3 is 2.70 bits per heavy atom. The molecule has 1 aliphatic heterocycles. The van der Waals surface area contributed by atoms with Crippen LogP contribution in [0, 0.1) is 0 Å². The number of nitrogens with one attached hydrogen (secondary N) is 1. The number of carbonyl (C=O) groups excluding carboxylic acids is 1. The van der Waals surface area contributed by atoms with Crippen molar-refractivity contribution in [3.63, 3.8) is 0 Å². The molecule has 0 aromatic rings. The summed E-state index contributed by atoms with van der Waals surface area (Å²) in [6.45, 7) is 5.91. The number of nitrogens with zero attached hydrogens (tertiary/aromatic N) is 1. The van der Waals surface area contributed by atoms with E-state index in [0.29, 0.717) is 18.2 Å². The molecule has 0 spiro atoms. The van der Waals surface area contributed by atoms with Gasteiger partial charge in [0.15, 0.2) is 0 Å². The zero-order valence-corrected chi connectivity index (χ0v) is 13.0. The maximum absolute atomic E-state index is 11.8. The Balaban J connectivity index is 1.85. The molecule has 2 aliphatic rings. The second-order valence-electron chi connectivity index (χ2n) is 6.74. The molecule has 3 N–H and O–H groups in total. The molecule has 0 radical (unpaired) electrons. The van der Waals surface area contributed by atoms with Crippen LogP contribution in [0.2, 0.25) is 0 Å².